The van der Waals surface area contributed by atoms with Crippen molar-refractivity contribution >= 4 is 5.91 Å². The van der Waals surface area contributed by atoms with Gasteiger partial charge in [-0.25, -0.2) is 4.39 Å². The molecule has 4 nitrogen and oxygen atoms in total. The Hall–Kier alpha value is -1.62. The highest BCUT2D eigenvalue weighted by atomic mass is 19.1. The van der Waals surface area contributed by atoms with Gasteiger partial charge in [0.1, 0.15) is 0 Å². The van der Waals surface area contributed by atoms with E-state index in [9.17, 15) is 9.18 Å². The molecule has 1 amide bonds. The van der Waals surface area contributed by atoms with Crippen LogP contribution in [0.3, 0.4) is 0 Å². The maximum absolute atomic E-state index is 13.5. The lowest BCUT2D eigenvalue weighted by atomic mass is 9.98. The van der Waals surface area contributed by atoms with E-state index in [-0.39, 0.29) is 18.2 Å². The molecule has 5 heteroatoms. The lowest BCUT2D eigenvalue weighted by Gasteiger charge is -2.22. The molecule has 0 spiro atoms. The Morgan fingerprint density at radius 1 is 1.47 bits per heavy atom. The standard InChI is InChI=1S/C14H19FN2O2/c1-19-12-5-4-10(8-11(12)15)9-17-13(18)14(16)6-2-3-7-14/h4-5,8H,2-3,6-7,9,16H2,1H3,(H,17,18). The summed E-state index contributed by atoms with van der Waals surface area (Å²) in [6.07, 6.45) is 3.41. The monoisotopic (exact) mass is 266 g/mol. The highest BCUT2D eigenvalue weighted by Gasteiger charge is 2.36. The second-order valence-electron chi connectivity index (χ2n) is 5.01. The van der Waals surface area contributed by atoms with E-state index in [1.807, 2.05) is 0 Å². The van der Waals surface area contributed by atoms with Gasteiger partial charge in [0.2, 0.25) is 5.91 Å². The maximum Gasteiger partial charge on any atom is 0.240 e. The minimum Gasteiger partial charge on any atom is -0.494 e. The van der Waals surface area contributed by atoms with Crippen LogP contribution in [-0.4, -0.2) is 18.6 Å². The van der Waals surface area contributed by atoms with Gasteiger partial charge in [-0.3, -0.25) is 4.79 Å². The van der Waals surface area contributed by atoms with Crippen molar-refractivity contribution in [3.63, 3.8) is 0 Å². The lowest BCUT2D eigenvalue weighted by molar-refractivity contribution is -0.126. The first kappa shape index (κ1) is 13.8. The van der Waals surface area contributed by atoms with Crippen LogP contribution in [0.1, 0.15) is 31.2 Å². The zero-order valence-electron chi connectivity index (χ0n) is 11.0. The number of ether oxygens (including phenoxy) is 1. The number of nitrogens with one attached hydrogen (secondary N) is 1. The van der Waals surface area contributed by atoms with E-state index in [4.69, 9.17) is 10.5 Å². The summed E-state index contributed by atoms with van der Waals surface area (Å²) in [6.45, 7) is 0.276. The number of hydrogen-bond acceptors (Lipinski definition) is 3. The van der Waals surface area contributed by atoms with Gasteiger partial charge in [-0.2, -0.15) is 0 Å². The minimum atomic E-state index is -0.745. The minimum absolute atomic E-state index is 0.152. The van der Waals surface area contributed by atoms with Crippen LogP contribution in [0.2, 0.25) is 0 Å². The number of hydrogen-bond donors (Lipinski definition) is 2. The Labute approximate surface area is 112 Å². The van der Waals surface area contributed by atoms with E-state index < -0.39 is 11.4 Å². The highest BCUT2D eigenvalue weighted by molar-refractivity contribution is 5.86. The Morgan fingerprint density at radius 2 is 2.16 bits per heavy atom. The van der Waals surface area contributed by atoms with Crippen molar-refractivity contribution in [1.82, 2.24) is 5.32 Å². The normalized spacial score (nSPS) is 17.2. The van der Waals surface area contributed by atoms with Crippen molar-refractivity contribution in [3.05, 3.63) is 29.6 Å². The van der Waals surface area contributed by atoms with Gasteiger partial charge in [-0.1, -0.05) is 18.9 Å². The van der Waals surface area contributed by atoms with E-state index in [1.54, 1.807) is 12.1 Å². The Balaban J connectivity index is 1.95. The molecule has 0 saturated heterocycles. The summed E-state index contributed by atoms with van der Waals surface area (Å²) < 4.78 is 18.3. The molecule has 1 aliphatic rings. The first-order chi connectivity index (χ1) is 9.05. The van der Waals surface area contributed by atoms with Gasteiger partial charge >= 0.3 is 0 Å². The van der Waals surface area contributed by atoms with Gasteiger partial charge in [0.15, 0.2) is 11.6 Å². The fourth-order valence-electron chi connectivity index (χ4n) is 2.41. The first-order valence-electron chi connectivity index (χ1n) is 6.45. The van der Waals surface area contributed by atoms with Crippen LogP contribution in [0.4, 0.5) is 4.39 Å². The average molecular weight is 266 g/mol. The molecule has 0 heterocycles. The third kappa shape index (κ3) is 3.04. The summed E-state index contributed by atoms with van der Waals surface area (Å²) in [5, 5.41) is 2.77. The molecule has 1 aromatic rings. The van der Waals surface area contributed by atoms with Gasteiger partial charge in [-0.15, -0.1) is 0 Å². The van der Waals surface area contributed by atoms with Crippen molar-refractivity contribution in [1.29, 1.82) is 0 Å². The molecule has 1 fully saturated rings. The van der Waals surface area contributed by atoms with Crippen LogP contribution in [0.15, 0.2) is 18.2 Å². The van der Waals surface area contributed by atoms with Crippen LogP contribution in [0, 0.1) is 5.82 Å². The molecule has 1 saturated carbocycles. The number of carbonyl (C=O) groups is 1. The zero-order chi connectivity index (χ0) is 13.9. The molecule has 1 aromatic carbocycles. The van der Waals surface area contributed by atoms with Crippen LogP contribution < -0.4 is 15.8 Å². The van der Waals surface area contributed by atoms with Crippen molar-refractivity contribution in [2.24, 2.45) is 5.73 Å². The Bertz CT molecular complexity index is 471. The van der Waals surface area contributed by atoms with E-state index in [0.29, 0.717) is 5.56 Å². The third-order valence-corrected chi connectivity index (χ3v) is 3.62. The van der Waals surface area contributed by atoms with Gasteiger partial charge in [0, 0.05) is 6.54 Å². The highest BCUT2D eigenvalue weighted by Crippen LogP contribution is 2.27. The summed E-state index contributed by atoms with van der Waals surface area (Å²) in [5.41, 5.74) is 5.98. The number of carbonyl (C=O) groups excluding carboxylic acids is 1. The van der Waals surface area contributed by atoms with Gasteiger partial charge in [-0.05, 0) is 30.5 Å². The summed E-state index contributed by atoms with van der Waals surface area (Å²) in [4.78, 5) is 12.0. The van der Waals surface area contributed by atoms with E-state index in [2.05, 4.69) is 5.32 Å². The summed E-state index contributed by atoms with van der Waals surface area (Å²) in [7, 11) is 1.41. The average Bonchev–Trinajstić information content (AvgIpc) is 2.84. The molecule has 0 atom stereocenters. The van der Waals surface area contributed by atoms with Crippen LogP contribution in [0.5, 0.6) is 5.75 Å². The van der Waals surface area contributed by atoms with E-state index >= 15 is 0 Å². The summed E-state index contributed by atoms with van der Waals surface area (Å²) >= 11 is 0. The molecule has 0 aromatic heterocycles. The number of halogens is 1. The topological polar surface area (TPSA) is 64.3 Å². The van der Waals surface area contributed by atoms with Crippen molar-refractivity contribution in [2.75, 3.05) is 7.11 Å². The molecule has 0 unspecified atom stereocenters. The van der Waals surface area contributed by atoms with E-state index in [1.165, 1.54) is 13.2 Å². The first-order valence-corrected chi connectivity index (χ1v) is 6.45. The molecule has 19 heavy (non-hydrogen) atoms. The third-order valence-electron chi connectivity index (χ3n) is 3.62. The SMILES string of the molecule is COc1ccc(CNC(=O)C2(N)CCCC2)cc1F. The zero-order valence-corrected chi connectivity index (χ0v) is 11.0. The molecule has 104 valence electrons. The van der Waals surface area contributed by atoms with Gasteiger partial charge in [0.25, 0.3) is 0 Å². The molecule has 0 aliphatic heterocycles. The largest absolute Gasteiger partial charge is 0.494 e. The second-order valence-corrected chi connectivity index (χ2v) is 5.01. The summed E-state index contributed by atoms with van der Waals surface area (Å²) in [6, 6.07) is 4.63. The van der Waals surface area contributed by atoms with Crippen molar-refractivity contribution in [3.8, 4) is 5.75 Å². The number of rotatable bonds is 4. The molecule has 0 bridgehead atoms. The molecule has 0 radical (unpaired) electrons. The molecule has 3 N–H and O–H groups in total. The molecule has 2 rings (SSSR count). The van der Waals surface area contributed by atoms with Crippen molar-refractivity contribution in [2.45, 2.75) is 37.8 Å². The number of methoxy groups -OCH3 is 1. The molecular formula is C14H19FN2O2. The molecular weight excluding hydrogens is 247 g/mol. The molecule has 1 aliphatic carbocycles. The lowest BCUT2D eigenvalue weighted by Crippen LogP contribution is -2.51. The predicted molar refractivity (Wildman–Crippen MR) is 70.2 cm³/mol. The van der Waals surface area contributed by atoms with Gasteiger partial charge < -0.3 is 15.8 Å². The van der Waals surface area contributed by atoms with Crippen molar-refractivity contribution < 1.29 is 13.9 Å². The fraction of sp³-hybridized carbons (Fsp3) is 0.500. The Kier molecular flexibility index (Phi) is 4.04. The van der Waals surface area contributed by atoms with Crippen LogP contribution in [0.25, 0.3) is 0 Å². The van der Waals surface area contributed by atoms with Crippen LogP contribution in [-0.2, 0) is 11.3 Å². The smallest absolute Gasteiger partial charge is 0.240 e. The Morgan fingerprint density at radius 3 is 2.74 bits per heavy atom. The van der Waals surface area contributed by atoms with Crippen LogP contribution >= 0.6 is 0 Å². The number of benzene rings is 1. The maximum atomic E-state index is 13.5. The quantitative estimate of drug-likeness (QED) is 0.872. The number of amides is 1. The number of nitrogens with two attached hydrogens (primary N) is 1. The van der Waals surface area contributed by atoms with E-state index in [0.717, 1.165) is 25.7 Å². The summed E-state index contributed by atoms with van der Waals surface area (Å²) in [5.74, 6) is -0.389. The predicted octanol–water partition coefficient (Wildman–Crippen LogP) is 1.72. The fourth-order valence-corrected chi connectivity index (χ4v) is 2.41. The van der Waals surface area contributed by atoms with Gasteiger partial charge in [0.05, 0.1) is 12.6 Å². The second kappa shape index (κ2) is 5.57.